The molecular weight excluding hydrogens is 534 g/mol. The predicted molar refractivity (Wildman–Crippen MR) is 125 cm³/mol. The fourth-order valence-electron chi connectivity index (χ4n) is 3.75. The van der Waals surface area contributed by atoms with Crippen LogP contribution in [0, 0.1) is 0 Å². The number of benzene rings is 2. The third kappa shape index (κ3) is 5.76. The number of nitrogens with zero attached hydrogens (tertiary/aromatic N) is 3. The van der Waals surface area contributed by atoms with Crippen molar-refractivity contribution in [3.63, 3.8) is 0 Å². The Bertz CT molecular complexity index is 1270. The van der Waals surface area contributed by atoms with Crippen LogP contribution in [0.3, 0.4) is 0 Å². The van der Waals surface area contributed by atoms with Gasteiger partial charge in [0.05, 0.1) is 28.9 Å². The lowest BCUT2D eigenvalue weighted by Crippen LogP contribution is -2.45. The zero-order valence-corrected chi connectivity index (χ0v) is 20.7. The smallest absolute Gasteiger partial charge is 0.490 e. The van der Waals surface area contributed by atoms with Crippen molar-refractivity contribution >= 4 is 50.8 Å². The van der Waals surface area contributed by atoms with Crippen LogP contribution in [0.4, 0.5) is 18.9 Å². The molecule has 0 bridgehead atoms. The Balaban J connectivity index is 0.000000429. The highest BCUT2D eigenvalue weighted by atomic mass is 35.5. The molecule has 1 unspecified atom stereocenters. The summed E-state index contributed by atoms with van der Waals surface area (Å²) in [6, 6.07) is 10.5. The predicted octanol–water partition coefficient (Wildman–Crippen LogP) is 4.97. The molecule has 190 valence electrons. The zero-order chi connectivity index (χ0) is 26.1. The molecule has 0 saturated carbocycles. The van der Waals surface area contributed by atoms with E-state index in [0.717, 1.165) is 18.4 Å². The normalized spacial score (nSPS) is 18.8. The van der Waals surface area contributed by atoms with E-state index in [4.69, 9.17) is 37.8 Å². The van der Waals surface area contributed by atoms with E-state index in [-0.39, 0.29) is 10.9 Å². The largest absolute Gasteiger partial charge is 0.497 e. The summed E-state index contributed by atoms with van der Waals surface area (Å²) < 4.78 is 66.8. The summed E-state index contributed by atoms with van der Waals surface area (Å²) in [6.45, 7) is 0.703. The standard InChI is InChI=1S/C19H19Cl2N3O3S.C2HF3O2/c1-23-17-8-6-13(27-2)11-18(17)28(25,26)22-19(23)24-9-3-4-16(24)12-5-7-14(20)15(21)10-12;3-2(4,5)1(6)7/h5-8,10-11,16H,3-4,9H2,1-2H3;(H,6,7). The molecule has 1 saturated heterocycles. The molecule has 2 aliphatic heterocycles. The number of sulfonamides is 1. The lowest BCUT2D eigenvalue weighted by molar-refractivity contribution is -0.192. The first kappa shape index (κ1) is 26.9. The maximum absolute atomic E-state index is 12.9. The molecule has 1 fully saturated rings. The average molecular weight is 554 g/mol. The Morgan fingerprint density at radius 1 is 1.17 bits per heavy atom. The maximum Gasteiger partial charge on any atom is 0.490 e. The fraction of sp³-hybridized carbons (Fsp3) is 0.333. The molecule has 2 aromatic carbocycles. The zero-order valence-electron chi connectivity index (χ0n) is 18.4. The van der Waals surface area contributed by atoms with E-state index in [1.54, 1.807) is 18.2 Å². The van der Waals surface area contributed by atoms with Gasteiger partial charge in [0.25, 0.3) is 10.0 Å². The van der Waals surface area contributed by atoms with Gasteiger partial charge in [0.1, 0.15) is 10.6 Å². The van der Waals surface area contributed by atoms with Gasteiger partial charge >= 0.3 is 12.1 Å². The van der Waals surface area contributed by atoms with Crippen LogP contribution >= 0.6 is 23.2 Å². The number of carboxylic acids is 1. The summed E-state index contributed by atoms with van der Waals surface area (Å²) in [5.41, 5.74) is 1.56. The lowest BCUT2D eigenvalue weighted by Gasteiger charge is -2.36. The number of anilines is 1. The summed E-state index contributed by atoms with van der Waals surface area (Å²) in [5, 5.41) is 8.10. The molecule has 2 aliphatic rings. The number of likely N-dealkylation sites (tertiary alicyclic amines) is 1. The van der Waals surface area contributed by atoms with Crippen molar-refractivity contribution in [2.75, 3.05) is 25.6 Å². The van der Waals surface area contributed by atoms with Gasteiger partial charge in [-0.3, -0.25) is 0 Å². The third-order valence-electron chi connectivity index (χ3n) is 5.39. The number of hydrogen-bond acceptors (Lipinski definition) is 6. The number of aliphatic carboxylic acids is 1. The number of alkyl halides is 3. The molecule has 1 atom stereocenters. The van der Waals surface area contributed by atoms with Crippen molar-refractivity contribution in [3.05, 3.63) is 52.0 Å². The van der Waals surface area contributed by atoms with Gasteiger partial charge in [-0.25, -0.2) is 4.79 Å². The molecule has 14 heteroatoms. The number of fused-ring (bicyclic) bond motifs is 1. The first-order valence-corrected chi connectivity index (χ1v) is 12.2. The molecule has 4 rings (SSSR count). The van der Waals surface area contributed by atoms with Gasteiger partial charge in [-0.05, 0) is 42.7 Å². The molecule has 35 heavy (non-hydrogen) atoms. The topological polar surface area (TPSA) is 99.5 Å². The third-order valence-corrected chi connectivity index (χ3v) is 7.41. The molecule has 1 N–H and O–H groups in total. The van der Waals surface area contributed by atoms with Crippen molar-refractivity contribution in [1.82, 2.24) is 4.90 Å². The van der Waals surface area contributed by atoms with E-state index in [2.05, 4.69) is 4.40 Å². The Morgan fingerprint density at radius 2 is 1.83 bits per heavy atom. The molecule has 0 amide bonds. The summed E-state index contributed by atoms with van der Waals surface area (Å²) in [4.78, 5) is 12.9. The molecule has 2 aromatic rings. The number of carbonyl (C=O) groups is 1. The van der Waals surface area contributed by atoms with E-state index in [9.17, 15) is 21.6 Å². The van der Waals surface area contributed by atoms with Gasteiger partial charge in [0.15, 0.2) is 0 Å². The summed E-state index contributed by atoms with van der Waals surface area (Å²) in [6.07, 6.45) is -3.28. The van der Waals surface area contributed by atoms with Crippen LogP contribution in [0.2, 0.25) is 10.0 Å². The summed E-state index contributed by atoms with van der Waals surface area (Å²) in [7, 11) is -0.513. The second-order valence-corrected chi connectivity index (χ2v) is 9.97. The number of halogens is 5. The van der Waals surface area contributed by atoms with Crippen molar-refractivity contribution in [1.29, 1.82) is 0 Å². The number of methoxy groups -OCH3 is 1. The highest BCUT2D eigenvalue weighted by molar-refractivity contribution is 7.90. The van der Waals surface area contributed by atoms with Crippen molar-refractivity contribution in [2.24, 2.45) is 4.40 Å². The van der Waals surface area contributed by atoms with E-state index in [0.29, 0.717) is 34.0 Å². The van der Waals surface area contributed by atoms with Gasteiger partial charge in [-0.1, -0.05) is 29.3 Å². The monoisotopic (exact) mass is 553 g/mol. The van der Waals surface area contributed by atoms with Crippen molar-refractivity contribution in [2.45, 2.75) is 30.0 Å². The van der Waals surface area contributed by atoms with Gasteiger partial charge < -0.3 is 19.6 Å². The van der Waals surface area contributed by atoms with Crippen LogP contribution in [-0.4, -0.2) is 57.2 Å². The number of rotatable bonds is 2. The Labute approximate surface area is 209 Å². The van der Waals surface area contributed by atoms with Crippen molar-refractivity contribution in [3.8, 4) is 5.75 Å². The minimum absolute atomic E-state index is 0.0223. The molecule has 0 aromatic heterocycles. The molecule has 0 spiro atoms. The van der Waals surface area contributed by atoms with Gasteiger partial charge in [0, 0.05) is 19.7 Å². The SMILES string of the molecule is COc1ccc2c(c1)S(=O)(=O)N=C(N1CCCC1c1ccc(Cl)c(Cl)c1)N2C.O=C(O)C(F)(F)F. The van der Waals surface area contributed by atoms with E-state index in [1.807, 2.05) is 29.0 Å². The second-order valence-electron chi connectivity index (χ2n) is 7.59. The fourth-order valence-corrected chi connectivity index (χ4v) is 5.33. The average Bonchev–Trinajstić information content (AvgIpc) is 3.27. The van der Waals surface area contributed by atoms with Gasteiger partial charge in [-0.2, -0.15) is 21.6 Å². The van der Waals surface area contributed by atoms with Crippen LogP contribution < -0.4 is 9.64 Å². The lowest BCUT2D eigenvalue weighted by atomic mass is 10.0. The second kappa shape index (κ2) is 10.1. The Kier molecular flexibility index (Phi) is 7.77. The first-order chi connectivity index (χ1) is 16.3. The van der Waals surface area contributed by atoms with Gasteiger partial charge in [-0.15, -0.1) is 4.40 Å². The highest BCUT2D eigenvalue weighted by Gasteiger charge is 2.38. The maximum atomic E-state index is 12.9. The minimum Gasteiger partial charge on any atom is -0.497 e. The van der Waals surface area contributed by atoms with Crippen LogP contribution in [-0.2, 0) is 14.8 Å². The van der Waals surface area contributed by atoms with Crippen LogP contribution in [0.25, 0.3) is 0 Å². The van der Waals surface area contributed by atoms with Crippen LogP contribution in [0.5, 0.6) is 5.75 Å². The number of ether oxygens (including phenoxy) is 1. The molecule has 2 heterocycles. The quantitative estimate of drug-likeness (QED) is 0.560. The van der Waals surface area contributed by atoms with Crippen LogP contribution in [0.15, 0.2) is 45.7 Å². The van der Waals surface area contributed by atoms with Gasteiger partial charge in [0.2, 0.25) is 5.96 Å². The van der Waals surface area contributed by atoms with Crippen LogP contribution in [0.1, 0.15) is 24.4 Å². The van der Waals surface area contributed by atoms with E-state index >= 15 is 0 Å². The van der Waals surface area contributed by atoms with Crippen molar-refractivity contribution < 1.29 is 36.2 Å². The molecule has 8 nitrogen and oxygen atoms in total. The van der Waals surface area contributed by atoms with E-state index in [1.165, 1.54) is 13.2 Å². The minimum atomic E-state index is -5.08. The first-order valence-electron chi connectivity index (χ1n) is 10.0. The summed E-state index contributed by atoms with van der Waals surface area (Å²) in [5.74, 6) is -1.87. The molecule has 0 radical (unpaired) electrons. The number of carboxylic acid groups (broad SMARTS) is 1. The number of hydrogen-bond donors (Lipinski definition) is 1. The van der Waals surface area contributed by atoms with E-state index < -0.39 is 22.2 Å². The highest BCUT2D eigenvalue weighted by Crippen LogP contribution is 2.39. The molecule has 0 aliphatic carbocycles. The number of guanidine groups is 1. The Hall–Kier alpha value is -2.70. The summed E-state index contributed by atoms with van der Waals surface area (Å²) >= 11 is 12.2. The molecular formula is C21H20Cl2F3N3O5S. The Morgan fingerprint density at radius 3 is 2.40 bits per heavy atom.